The summed E-state index contributed by atoms with van der Waals surface area (Å²) in [5.74, 6) is -1.48. The zero-order valence-electron chi connectivity index (χ0n) is 7.35. The van der Waals surface area contributed by atoms with E-state index in [4.69, 9.17) is 9.63 Å². The van der Waals surface area contributed by atoms with E-state index in [1.807, 2.05) is 0 Å². The quantitative estimate of drug-likeness (QED) is 0.810. The van der Waals surface area contributed by atoms with E-state index in [0.29, 0.717) is 5.69 Å². The molecule has 0 spiro atoms. The molecule has 6 heteroatoms. The van der Waals surface area contributed by atoms with Crippen molar-refractivity contribution in [2.75, 3.05) is 0 Å². The Hall–Kier alpha value is -2.24. The minimum atomic E-state index is -1.19. The molecule has 2 aromatic rings. The van der Waals surface area contributed by atoms with E-state index in [2.05, 4.69) is 10.1 Å². The van der Waals surface area contributed by atoms with Crippen molar-refractivity contribution in [2.45, 2.75) is 0 Å². The van der Waals surface area contributed by atoms with Crippen LogP contribution in [0.5, 0.6) is 0 Å². The fourth-order valence-corrected chi connectivity index (χ4v) is 1.02. The fourth-order valence-electron chi connectivity index (χ4n) is 1.02. The van der Waals surface area contributed by atoms with Crippen molar-refractivity contribution in [3.8, 4) is 11.5 Å². The summed E-state index contributed by atoms with van der Waals surface area (Å²) in [4.78, 5) is 14.2. The summed E-state index contributed by atoms with van der Waals surface area (Å²) in [6.07, 6.45) is 1.01. The second kappa shape index (κ2) is 3.49. The number of hydrogen-bond donors (Lipinski definition) is 1. The van der Waals surface area contributed by atoms with Crippen molar-refractivity contribution in [1.82, 2.24) is 10.1 Å². The molecule has 0 radical (unpaired) electrons. The van der Waals surface area contributed by atoms with Gasteiger partial charge in [0.05, 0.1) is 6.20 Å². The molecular weight excluding hydrogens is 203 g/mol. The number of nitrogens with zero attached hydrogens (tertiary/aromatic N) is 2. The van der Waals surface area contributed by atoms with Gasteiger partial charge in [-0.15, -0.1) is 0 Å². The van der Waals surface area contributed by atoms with E-state index in [9.17, 15) is 9.18 Å². The molecule has 0 amide bonds. The molecule has 2 heterocycles. The molecule has 0 aliphatic heterocycles. The van der Waals surface area contributed by atoms with Crippen LogP contribution in [0.25, 0.3) is 11.5 Å². The minimum Gasteiger partial charge on any atom is -0.476 e. The SMILES string of the molecule is O=C(O)c1cc(-c2ccc(F)cn2)on1. The van der Waals surface area contributed by atoms with Crippen molar-refractivity contribution < 1.29 is 18.8 Å². The smallest absolute Gasteiger partial charge is 0.358 e. The van der Waals surface area contributed by atoms with Crippen LogP contribution < -0.4 is 0 Å². The topological polar surface area (TPSA) is 76.2 Å². The van der Waals surface area contributed by atoms with Gasteiger partial charge in [-0.25, -0.2) is 14.2 Å². The molecule has 0 atom stereocenters. The maximum atomic E-state index is 12.5. The molecule has 15 heavy (non-hydrogen) atoms. The van der Waals surface area contributed by atoms with Gasteiger partial charge in [0, 0.05) is 6.07 Å². The van der Waals surface area contributed by atoms with E-state index in [1.54, 1.807) is 0 Å². The van der Waals surface area contributed by atoms with Crippen molar-refractivity contribution in [3.05, 3.63) is 35.9 Å². The molecule has 2 rings (SSSR count). The van der Waals surface area contributed by atoms with Crippen LogP contribution in [0.2, 0.25) is 0 Å². The first kappa shape index (κ1) is 9.32. The molecule has 0 aromatic carbocycles. The first-order chi connectivity index (χ1) is 7.16. The zero-order valence-corrected chi connectivity index (χ0v) is 7.35. The van der Waals surface area contributed by atoms with E-state index in [-0.39, 0.29) is 11.5 Å². The Bertz CT molecular complexity index is 492. The van der Waals surface area contributed by atoms with E-state index in [1.165, 1.54) is 18.2 Å². The van der Waals surface area contributed by atoms with Crippen LogP contribution >= 0.6 is 0 Å². The van der Waals surface area contributed by atoms with Crippen LogP contribution in [0.1, 0.15) is 10.5 Å². The summed E-state index contributed by atoms with van der Waals surface area (Å²) in [6, 6.07) is 3.80. The van der Waals surface area contributed by atoms with E-state index >= 15 is 0 Å². The lowest BCUT2D eigenvalue weighted by atomic mass is 10.2. The highest BCUT2D eigenvalue weighted by molar-refractivity contribution is 5.86. The molecule has 0 bridgehead atoms. The summed E-state index contributed by atoms with van der Waals surface area (Å²) in [5, 5.41) is 11.9. The Labute approximate surface area is 83.2 Å². The normalized spacial score (nSPS) is 10.2. The zero-order chi connectivity index (χ0) is 10.8. The monoisotopic (exact) mass is 208 g/mol. The van der Waals surface area contributed by atoms with Gasteiger partial charge in [0.15, 0.2) is 11.5 Å². The molecule has 0 aliphatic rings. The molecule has 0 saturated carbocycles. The molecule has 0 unspecified atom stereocenters. The van der Waals surface area contributed by atoms with Crippen LogP contribution in [-0.4, -0.2) is 21.2 Å². The molecular formula is C9H5FN2O3. The Morgan fingerprint density at radius 2 is 2.27 bits per heavy atom. The molecule has 0 fully saturated rings. The average molecular weight is 208 g/mol. The van der Waals surface area contributed by atoms with Gasteiger partial charge < -0.3 is 9.63 Å². The van der Waals surface area contributed by atoms with Gasteiger partial charge >= 0.3 is 5.97 Å². The van der Waals surface area contributed by atoms with Crippen LogP contribution in [-0.2, 0) is 0 Å². The van der Waals surface area contributed by atoms with Gasteiger partial charge in [0.2, 0.25) is 0 Å². The number of carboxylic acids is 1. The van der Waals surface area contributed by atoms with Gasteiger partial charge in [-0.05, 0) is 12.1 Å². The van der Waals surface area contributed by atoms with E-state index in [0.717, 1.165) is 6.20 Å². The Balaban J connectivity index is 2.37. The average Bonchev–Trinajstić information content (AvgIpc) is 2.68. The molecule has 2 aromatic heterocycles. The summed E-state index contributed by atoms with van der Waals surface area (Å²) in [5.41, 5.74) is 0.118. The summed E-state index contributed by atoms with van der Waals surface area (Å²) >= 11 is 0. The largest absolute Gasteiger partial charge is 0.476 e. The van der Waals surface area contributed by atoms with Crippen molar-refractivity contribution in [3.63, 3.8) is 0 Å². The maximum Gasteiger partial charge on any atom is 0.358 e. The highest BCUT2D eigenvalue weighted by Gasteiger charge is 2.12. The highest BCUT2D eigenvalue weighted by atomic mass is 19.1. The van der Waals surface area contributed by atoms with Crippen LogP contribution in [0.4, 0.5) is 4.39 Å². The van der Waals surface area contributed by atoms with Crippen LogP contribution in [0, 0.1) is 5.82 Å². The summed E-state index contributed by atoms with van der Waals surface area (Å²) < 4.78 is 17.3. The number of hydrogen-bond acceptors (Lipinski definition) is 4. The maximum absolute atomic E-state index is 12.5. The van der Waals surface area contributed by atoms with Gasteiger partial charge in [-0.1, -0.05) is 5.16 Å². The lowest BCUT2D eigenvalue weighted by Gasteiger charge is -1.92. The predicted molar refractivity (Wildman–Crippen MR) is 46.7 cm³/mol. The van der Waals surface area contributed by atoms with E-state index < -0.39 is 11.8 Å². The lowest BCUT2D eigenvalue weighted by Crippen LogP contribution is -1.94. The number of halogens is 1. The fraction of sp³-hybridized carbons (Fsp3) is 0. The number of carbonyl (C=O) groups is 1. The second-order valence-electron chi connectivity index (χ2n) is 2.74. The molecule has 0 aliphatic carbocycles. The number of aromatic carboxylic acids is 1. The van der Waals surface area contributed by atoms with Crippen molar-refractivity contribution in [1.29, 1.82) is 0 Å². The molecule has 5 nitrogen and oxygen atoms in total. The van der Waals surface area contributed by atoms with Crippen molar-refractivity contribution in [2.24, 2.45) is 0 Å². The lowest BCUT2D eigenvalue weighted by molar-refractivity contribution is 0.0686. The third-order valence-corrected chi connectivity index (χ3v) is 1.71. The number of aromatic nitrogens is 2. The number of carboxylic acid groups (broad SMARTS) is 1. The predicted octanol–water partition coefficient (Wildman–Crippen LogP) is 1.57. The van der Waals surface area contributed by atoms with Gasteiger partial charge in [0.25, 0.3) is 0 Å². The third kappa shape index (κ3) is 1.83. The molecule has 1 N–H and O–H groups in total. The first-order valence-electron chi connectivity index (χ1n) is 3.99. The van der Waals surface area contributed by atoms with Gasteiger partial charge in [-0.3, -0.25) is 0 Å². The third-order valence-electron chi connectivity index (χ3n) is 1.71. The van der Waals surface area contributed by atoms with Crippen LogP contribution in [0.3, 0.4) is 0 Å². The van der Waals surface area contributed by atoms with Gasteiger partial charge in [-0.2, -0.15) is 0 Å². The second-order valence-corrected chi connectivity index (χ2v) is 2.74. The van der Waals surface area contributed by atoms with Crippen molar-refractivity contribution >= 4 is 5.97 Å². The molecule has 76 valence electrons. The van der Waals surface area contributed by atoms with Gasteiger partial charge in [0.1, 0.15) is 11.5 Å². The first-order valence-corrected chi connectivity index (χ1v) is 3.99. The molecule has 0 saturated heterocycles. The Morgan fingerprint density at radius 1 is 1.47 bits per heavy atom. The standard InChI is InChI=1S/C9H5FN2O3/c10-5-1-2-6(11-4-5)8-3-7(9(13)14)12-15-8/h1-4H,(H,13,14). The number of pyridine rings is 1. The summed E-state index contributed by atoms with van der Waals surface area (Å²) in [7, 11) is 0. The number of rotatable bonds is 2. The Kier molecular flexibility index (Phi) is 2.17. The Morgan fingerprint density at radius 3 is 2.80 bits per heavy atom. The highest BCUT2D eigenvalue weighted by Crippen LogP contribution is 2.17. The summed E-state index contributed by atoms with van der Waals surface area (Å²) in [6.45, 7) is 0. The minimum absolute atomic E-state index is 0.187. The van der Waals surface area contributed by atoms with Crippen LogP contribution in [0.15, 0.2) is 28.9 Å².